The maximum absolute atomic E-state index is 12.6. The smallest absolute Gasteiger partial charge is 0.228 e. The SMILES string of the molecule is CC(=O)N1CCCN(C(=O)Cc2csc(-c3cccc(C)c3)n2)CC1. The molecule has 6 heteroatoms. The number of benzene rings is 1. The number of aromatic nitrogens is 1. The maximum atomic E-state index is 12.6. The van der Waals surface area contributed by atoms with Gasteiger partial charge in [-0.3, -0.25) is 9.59 Å². The van der Waals surface area contributed by atoms with Crippen molar-refractivity contribution in [3.8, 4) is 10.6 Å². The summed E-state index contributed by atoms with van der Waals surface area (Å²) in [5, 5.41) is 2.92. The van der Waals surface area contributed by atoms with E-state index in [1.165, 1.54) is 5.56 Å². The molecule has 0 atom stereocenters. The van der Waals surface area contributed by atoms with Crippen molar-refractivity contribution in [2.45, 2.75) is 26.7 Å². The summed E-state index contributed by atoms with van der Waals surface area (Å²) in [6, 6.07) is 8.23. The molecule has 0 saturated carbocycles. The van der Waals surface area contributed by atoms with Crippen molar-refractivity contribution in [2.75, 3.05) is 26.2 Å². The summed E-state index contributed by atoms with van der Waals surface area (Å²) in [5.41, 5.74) is 3.11. The van der Waals surface area contributed by atoms with Crippen LogP contribution in [0, 0.1) is 6.92 Å². The molecule has 5 nitrogen and oxygen atoms in total. The molecule has 0 spiro atoms. The second-order valence-corrected chi connectivity index (χ2v) is 7.29. The highest BCUT2D eigenvalue weighted by Crippen LogP contribution is 2.24. The molecular formula is C19H23N3O2S. The standard InChI is InChI=1S/C19H23N3O2S/c1-14-5-3-6-16(11-14)19-20-17(13-25-19)12-18(24)22-8-4-7-21(9-10-22)15(2)23/h3,5-6,11,13H,4,7-10,12H2,1-2H3. The molecule has 2 heterocycles. The Morgan fingerprint density at radius 3 is 2.68 bits per heavy atom. The minimum atomic E-state index is 0.0802. The van der Waals surface area contributed by atoms with E-state index in [0.29, 0.717) is 26.1 Å². The fourth-order valence-electron chi connectivity index (χ4n) is 3.05. The van der Waals surface area contributed by atoms with E-state index in [1.54, 1.807) is 18.3 Å². The first-order valence-electron chi connectivity index (χ1n) is 8.57. The quantitative estimate of drug-likeness (QED) is 0.849. The first-order chi connectivity index (χ1) is 12.0. The van der Waals surface area contributed by atoms with Gasteiger partial charge in [-0.2, -0.15) is 0 Å². The molecule has 1 aliphatic rings. The summed E-state index contributed by atoms with van der Waals surface area (Å²) in [5.74, 6) is 0.170. The van der Waals surface area contributed by atoms with Gasteiger partial charge in [-0.05, 0) is 19.4 Å². The second kappa shape index (κ2) is 7.78. The third kappa shape index (κ3) is 4.45. The number of amides is 2. The first-order valence-corrected chi connectivity index (χ1v) is 9.45. The lowest BCUT2D eigenvalue weighted by atomic mass is 10.1. The van der Waals surface area contributed by atoms with Crippen molar-refractivity contribution in [2.24, 2.45) is 0 Å². The lowest BCUT2D eigenvalue weighted by Gasteiger charge is -2.21. The van der Waals surface area contributed by atoms with E-state index in [9.17, 15) is 9.59 Å². The summed E-state index contributed by atoms with van der Waals surface area (Å²) in [6.07, 6.45) is 1.15. The van der Waals surface area contributed by atoms with E-state index < -0.39 is 0 Å². The Balaban J connectivity index is 1.63. The van der Waals surface area contributed by atoms with Crippen molar-refractivity contribution in [1.82, 2.24) is 14.8 Å². The molecule has 0 N–H and O–H groups in total. The molecule has 25 heavy (non-hydrogen) atoms. The number of hydrogen-bond acceptors (Lipinski definition) is 4. The topological polar surface area (TPSA) is 53.5 Å². The predicted octanol–water partition coefficient (Wildman–Crippen LogP) is 2.74. The number of hydrogen-bond donors (Lipinski definition) is 0. The third-order valence-electron chi connectivity index (χ3n) is 4.44. The van der Waals surface area contributed by atoms with E-state index in [-0.39, 0.29) is 11.8 Å². The average Bonchev–Trinajstić information content (AvgIpc) is 2.89. The molecule has 0 radical (unpaired) electrons. The zero-order valence-corrected chi connectivity index (χ0v) is 15.5. The lowest BCUT2D eigenvalue weighted by molar-refractivity contribution is -0.132. The second-order valence-electron chi connectivity index (χ2n) is 6.43. The summed E-state index contributed by atoms with van der Waals surface area (Å²) in [4.78, 5) is 32.4. The number of rotatable bonds is 3. The van der Waals surface area contributed by atoms with Crippen LogP contribution in [0.4, 0.5) is 0 Å². The van der Waals surface area contributed by atoms with Crippen LogP contribution < -0.4 is 0 Å². The van der Waals surface area contributed by atoms with Crippen molar-refractivity contribution in [1.29, 1.82) is 0 Å². The number of nitrogens with zero attached hydrogens (tertiary/aromatic N) is 3. The van der Waals surface area contributed by atoms with Crippen LogP contribution in [-0.2, 0) is 16.0 Å². The van der Waals surface area contributed by atoms with Gasteiger partial charge in [0.15, 0.2) is 0 Å². The minimum Gasteiger partial charge on any atom is -0.341 e. The van der Waals surface area contributed by atoms with E-state index >= 15 is 0 Å². The number of aryl methyl sites for hydroxylation is 1. The molecule has 1 aliphatic heterocycles. The van der Waals surface area contributed by atoms with Crippen LogP contribution >= 0.6 is 11.3 Å². The Morgan fingerprint density at radius 1 is 1.16 bits per heavy atom. The molecule has 1 aromatic heterocycles. The van der Waals surface area contributed by atoms with Gasteiger partial charge in [0.2, 0.25) is 11.8 Å². The highest BCUT2D eigenvalue weighted by molar-refractivity contribution is 7.13. The molecule has 1 saturated heterocycles. The molecule has 1 aromatic carbocycles. The molecule has 132 valence electrons. The molecule has 0 aliphatic carbocycles. The molecule has 2 aromatic rings. The predicted molar refractivity (Wildman–Crippen MR) is 99.4 cm³/mol. The van der Waals surface area contributed by atoms with E-state index in [4.69, 9.17) is 0 Å². The average molecular weight is 357 g/mol. The van der Waals surface area contributed by atoms with Crippen LogP contribution in [0.1, 0.15) is 24.6 Å². The highest BCUT2D eigenvalue weighted by atomic mass is 32.1. The molecule has 0 unspecified atom stereocenters. The van der Waals surface area contributed by atoms with Crippen molar-refractivity contribution < 1.29 is 9.59 Å². The van der Waals surface area contributed by atoms with Crippen LogP contribution in [0.3, 0.4) is 0 Å². The van der Waals surface area contributed by atoms with Crippen molar-refractivity contribution in [3.63, 3.8) is 0 Å². The molecule has 2 amide bonds. The monoisotopic (exact) mass is 357 g/mol. The molecule has 1 fully saturated rings. The van der Waals surface area contributed by atoms with Crippen LogP contribution in [0.15, 0.2) is 29.6 Å². The molecule has 3 rings (SSSR count). The fraction of sp³-hybridized carbons (Fsp3) is 0.421. The van der Waals surface area contributed by atoms with Crippen molar-refractivity contribution in [3.05, 3.63) is 40.9 Å². The minimum absolute atomic E-state index is 0.0802. The van der Waals surface area contributed by atoms with E-state index in [0.717, 1.165) is 29.2 Å². The van der Waals surface area contributed by atoms with Gasteiger partial charge >= 0.3 is 0 Å². The first kappa shape index (κ1) is 17.6. The van der Waals surface area contributed by atoms with Gasteiger partial charge in [0.25, 0.3) is 0 Å². The van der Waals surface area contributed by atoms with Gasteiger partial charge in [0.1, 0.15) is 5.01 Å². The highest BCUT2D eigenvalue weighted by Gasteiger charge is 2.21. The Morgan fingerprint density at radius 2 is 1.92 bits per heavy atom. The zero-order chi connectivity index (χ0) is 17.8. The van der Waals surface area contributed by atoms with Gasteiger partial charge in [0, 0.05) is 44.0 Å². The Bertz CT molecular complexity index is 772. The van der Waals surface area contributed by atoms with Crippen LogP contribution in [0.25, 0.3) is 10.6 Å². The van der Waals surface area contributed by atoms with Crippen molar-refractivity contribution >= 4 is 23.2 Å². The summed E-state index contributed by atoms with van der Waals surface area (Å²) in [6.45, 7) is 6.30. The summed E-state index contributed by atoms with van der Waals surface area (Å²) >= 11 is 1.57. The van der Waals surface area contributed by atoms with Gasteiger partial charge in [-0.1, -0.05) is 23.8 Å². The number of thiazole rings is 1. The Hall–Kier alpha value is -2.21. The third-order valence-corrected chi connectivity index (χ3v) is 5.38. The van der Waals surface area contributed by atoms with Crippen LogP contribution in [0.5, 0.6) is 0 Å². The molecule has 0 bridgehead atoms. The Labute approximate surface area is 152 Å². The number of carbonyl (C=O) groups is 2. The zero-order valence-electron chi connectivity index (χ0n) is 14.7. The normalized spacial score (nSPS) is 15.1. The Kier molecular flexibility index (Phi) is 5.48. The molecular weight excluding hydrogens is 334 g/mol. The van der Waals surface area contributed by atoms with Gasteiger partial charge in [-0.25, -0.2) is 4.98 Å². The fourth-order valence-corrected chi connectivity index (χ4v) is 3.86. The van der Waals surface area contributed by atoms with E-state index in [1.807, 2.05) is 27.3 Å². The maximum Gasteiger partial charge on any atom is 0.228 e. The largest absolute Gasteiger partial charge is 0.341 e. The van der Waals surface area contributed by atoms with E-state index in [2.05, 4.69) is 24.0 Å². The van der Waals surface area contributed by atoms with Crippen LogP contribution in [-0.4, -0.2) is 52.8 Å². The van der Waals surface area contributed by atoms with Gasteiger partial charge in [0.05, 0.1) is 12.1 Å². The van der Waals surface area contributed by atoms with Gasteiger partial charge < -0.3 is 9.80 Å². The van der Waals surface area contributed by atoms with Crippen LogP contribution in [0.2, 0.25) is 0 Å². The summed E-state index contributed by atoms with van der Waals surface area (Å²) < 4.78 is 0. The lowest BCUT2D eigenvalue weighted by Crippen LogP contribution is -2.37. The number of carbonyl (C=O) groups excluding carboxylic acids is 2. The summed E-state index contributed by atoms with van der Waals surface area (Å²) in [7, 11) is 0. The van der Waals surface area contributed by atoms with Gasteiger partial charge in [-0.15, -0.1) is 11.3 Å².